The lowest BCUT2D eigenvalue weighted by atomic mass is 9.94. The third-order valence-corrected chi connectivity index (χ3v) is 4.03. The van der Waals surface area contributed by atoms with Crippen LogP contribution < -0.4 is 14.2 Å². The van der Waals surface area contributed by atoms with Crippen molar-refractivity contribution in [2.24, 2.45) is 0 Å². The van der Waals surface area contributed by atoms with E-state index in [0.29, 0.717) is 17.9 Å². The molecule has 2 aromatic carbocycles. The van der Waals surface area contributed by atoms with Crippen molar-refractivity contribution in [3.8, 4) is 17.2 Å². The maximum absolute atomic E-state index is 11.5. The third kappa shape index (κ3) is 2.59. The van der Waals surface area contributed by atoms with Gasteiger partial charge in [0.05, 0.1) is 0 Å². The minimum absolute atomic E-state index is 0.223. The maximum atomic E-state index is 11.5. The first-order valence-electron chi connectivity index (χ1n) is 7.52. The summed E-state index contributed by atoms with van der Waals surface area (Å²) in [5.74, 6) is 1.91. The van der Waals surface area contributed by atoms with Crippen LogP contribution in [0.1, 0.15) is 24.2 Å². The molecule has 0 fully saturated rings. The highest BCUT2D eigenvalue weighted by Gasteiger charge is 2.34. The van der Waals surface area contributed by atoms with Crippen molar-refractivity contribution in [2.75, 3.05) is 6.79 Å². The highest BCUT2D eigenvalue weighted by atomic mass is 16.7. The van der Waals surface area contributed by atoms with Crippen LogP contribution in [0.3, 0.4) is 0 Å². The van der Waals surface area contributed by atoms with E-state index in [1.807, 2.05) is 42.5 Å². The van der Waals surface area contributed by atoms with Crippen LogP contribution in [0.5, 0.6) is 17.2 Å². The Morgan fingerprint density at radius 3 is 2.78 bits per heavy atom. The van der Waals surface area contributed by atoms with E-state index < -0.39 is 0 Å². The number of carbonyl (C=O) groups excluding carboxylic acids is 1. The second-order valence-corrected chi connectivity index (χ2v) is 5.61. The Hall–Kier alpha value is -2.69. The van der Waals surface area contributed by atoms with Crippen LogP contribution in [0.15, 0.2) is 42.5 Å². The van der Waals surface area contributed by atoms with Gasteiger partial charge in [-0.15, -0.1) is 0 Å². The number of hydrogen-bond acceptors (Lipinski definition) is 5. The van der Waals surface area contributed by atoms with Gasteiger partial charge in [-0.05, 0) is 23.8 Å². The molecule has 0 bridgehead atoms. The van der Waals surface area contributed by atoms with Gasteiger partial charge < -0.3 is 18.9 Å². The van der Waals surface area contributed by atoms with Crippen molar-refractivity contribution in [3.63, 3.8) is 0 Å². The number of esters is 1. The minimum atomic E-state index is -0.372. The van der Waals surface area contributed by atoms with Gasteiger partial charge in [-0.3, -0.25) is 4.79 Å². The first-order valence-corrected chi connectivity index (χ1v) is 7.52. The fraction of sp³-hybridized carbons (Fsp3) is 0.278. The van der Waals surface area contributed by atoms with Crippen LogP contribution in [0.2, 0.25) is 0 Å². The first-order chi connectivity index (χ1) is 11.2. The molecule has 0 unspecified atom stereocenters. The van der Waals surface area contributed by atoms with Crippen LogP contribution in [0.4, 0.5) is 0 Å². The number of fused-ring (bicyclic) bond motifs is 2. The number of benzene rings is 2. The molecule has 2 aliphatic rings. The lowest BCUT2D eigenvalue weighted by Gasteiger charge is -2.33. The van der Waals surface area contributed by atoms with Gasteiger partial charge in [-0.25, -0.2) is 0 Å². The molecule has 0 aliphatic carbocycles. The third-order valence-electron chi connectivity index (χ3n) is 4.03. The van der Waals surface area contributed by atoms with E-state index in [2.05, 4.69) is 0 Å². The van der Waals surface area contributed by atoms with Crippen LogP contribution in [0.25, 0.3) is 0 Å². The lowest BCUT2D eigenvalue weighted by molar-refractivity contribution is -0.152. The van der Waals surface area contributed by atoms with E-state index in [1.54, 1.807) is 0 Å². The SMILES string of the molecule is CC(=O)O[C@@H]1Cc2ccccc2O[C@H]1c1ccc2c(c1)OCO2. The quantitative estimate of drug-likeness (QED) is 0.798. The summed E-state index contributed by atoms with van der Waals surface area (Å²) < 4.78 is 22.4. The smallest absolute Gasteiger partial charge is 0.303 e. The van der Waals surface area contributed by atoms with E-state index in [-0.39, 0.29) is 25.0 Å². The Morgan fingerprint density at radius 1 is 1.09 bits per heavy atom. The zero-order valence-electron chi connectivity index (χ0n) is 12.7. The van der Waals surface area contributed by atoms with Crippen molar-refractivity contribution in [2.45, 2.75) is 25.6 Å². The van der Waals surface area contributed by atoms with E-state index in [1.165, 1.54) is 6.92 Å². The fourth-order valence-electron chi connectivity index (χ4n) is 3.01. The molecule has 0 saturated carbocycles. The van der Waals surface area contributed by atoms with Crippen LogP contribution >= 0.6 is 0 Å². The topological polar surface area (TPSA) is 54.0 Å². The minimum Gasteiger partial charge on any atom is -0.482 e. The Balaban J connectivity index is 1.70. The molecule has 2 aliphatic heterocycles. The fourth-order valence-corrected chi connectivity index (χ4v) is 3.01. The summed E-state index contributed by atoms with van der Waals surface area (Å²) in [6.45, 7) is 1.64. The zero-order valence-corrected chi connectivity index (χ0v) is 12.7. The van der Waals surface area contributed by atoms with Gasteiger partial charge in [0.1, 0.15) is 11.9 Å². The monoisotopic (exact) mass is 312 g/mol. The normalized spacial score (nSPS) is 21.3. The Bertz CT molecular complexity index is 755. The van der Waals surface area contributed by atoms with Crippen molar-refractivity contribution < 1.29 is 23.7 Å². The van der Waals surface area contributed by atoms with E-state index >= 15 is 0 Å². The summed E-state index contributed by atoms with van der Waals surface area (Å²) in [6.07, 6.45) is -0.124. The van der Waals surface area contributed by atoms with E-state index in [9.17, 15) is 4.79 Å². The zero-order chi connectivity index (χ0) is 15.8. The number of para-hydroxylation sites is 1. The van der Waals surface area contributed by atoms with E-state index in [4.69, 9.17) is 18.9 Å². The number of carbonyl (C=O) groups is 1. The Morgan fingerprint density at radius 2 is 1.91 bits per heavy atom. The van der Waals surface area contributed by atoms with Gasteiger partial charge in [-0.2, -0.15) is 0 Å². The largest absolute Gasteiger partial charge is 0.482 e. The number of ether oxygens (including phenoxy) is 4. The molecule has 0 saturated heterocycles. The van der Waals surface area contributed by atoms with Gasteiger partial charge >= 0.3 is 5.97 Å². The molecule has 2 heterocycles. The van der Waals surface area contributed by atoms with Gasteiger partial charge in [-0.1, -0.05) is 24.3 Å². The van der Waals surface area contributed by atoms with Crippen molar-refractivity contribution in [1.29, 1.82) is 0 Å². The maximum Gasteiger partial charge on any atom is 0.303 e. The van der Waals surface area contributed by atoms with Gasteiger partial charge in [0.15, 0.2) is 17.6 Å². The molecular weight excluding hydrogens is 296 g/mol. The Labute approximate surface area is 133 Å². The van der Waals surface area contributed by atoms with Crippen molar-refractivity contribution in [1.82, 2.24) is 0 Å². The molecule has 23 heavy (non-hydrogen) atoms. The predicted octanol–water partition coefficient (Wildman–Crippen LogP) is 3.02. The molecule has 2 atom stereocenters. The van der Waals surface area contributed by atoms with Crippen LogP contribution in [-0.4, -0.2) is 18.9 Å². The molecule has 2 aromatic rings. The molecule has 0 aromatic heterocycles. The number of rotatable bonds is 2. The molecule has 0 N–H and O–H groups in total. The van der Waals surface area contributed by atoms with Crippen LogP contribution in [0, 0.1) is 0 Å². The standard InChI is InChI=1S/C18H16O5/c1-11(19)22-17-8-12-4-2-3-5-14(12)23-18(17)13-6-7-15-16(9-13)21-10-20-15/h2-7,9,17-18H,8,10H2,1H3/t17-,18+/m1/s1. The molecule has 5 nitrogen and oxygen atoms in total. The van der Waals surface area contributed by atoms with E-state index in [0.717, 1.165) is 16.9 Å². The Kier molecular flexibility index (Phi) is 3.33. The lowest BCUT2D eigenvalue weighted by Crippen LogP contribution is -2.34. The summed E-state index contributed by atoms with van der Waals surface area (Å²) in [7, 11) is 0. The van der Waals surface area contributed by atoms with Crippen molar-refractivity contribution in [3.05, 3.63) is 53.6 Å². The summed E-state index contributed by atoms with van der Waals surface area (Å²) in [4.78, 5) is 11.5. The van der Waals surface area contributed by atoms with Crippen LogP contribution in [-0.2, 0) is 16.0 Å². The molecule has 0 radical (unpaired) electrons. The summed E-state index contributed by atoms with van der Waals surface area (Å²) in [6, 6.07) is 13.5. The first kappa shape index (κ1) is 13.9. The molecule has 118 valence electrons. The summed E-state index contributed by atoms with van der Waals surface area (Å²) >= 11 is 0. The number of hydrogen-bond donors (Lipinski definition) is 0. The average molecular weight is 312 g/mol. The van der Waals surface area contributed by atoms with Gasteiger partial charge in [0.25, 0.3) is 0 Å². The second-order valence-electron chi connectivity index (χ2n) is 5.61. The van der Waals surface area contributed by atoms with Crippen molar-refractivity contribution >= 4 is 5.97 Å². The molecule has 5 heteroatoms. The van der Waals surface area contributed by atoms with Gasteiger partial charge in [0, 0.05) is 18.9 Å². The predicted molar refractivity (Wildman–Crippen MR) is 81.6 cm³/mol. The van der Waals surface area contributed by atoms with Gasteiger partial charge in [0.2, 0.25) is 6.79 Å². The molecule has 4 rings (SSSR count). The second kappa shape index (κ2) is 5.50. The highest BCUT2D eigenvalue weighted by molar-refractivity contribution is 5.66. The average Bonchev–Trinajstić information content (AvgIpc) is 3.01. The summed E-state index contributed by atoms with van der Waals surface area (Å²) in [5.41, 5.74) is 1.94. The molecule has 0 amide bonds. The summed E-state index contributed by atoms with van der Waals surface area (Å²) in [5, 5.41) is 0. The highest BCUT2D eigenvalue weighted by Crippen LogP contribution is 2.40. The molecule has 0 spiro atoms. The molecular formula is C18H16O5.